The van der Waals surface area contributed by atoms with Crippen molar-refractivity contribution in [2.24, 2.45) is 23.2 Å². The van der Waals surface area contributed by atoms with Gasteiger partial charge in [0.15, 0.2) is 0 Å². The van der Waals surface area contributed by atoms with Crippen LogP contribution in [0.5, 0.6) is 0 Å². The van der Waals surface area contributed by atoms with Gasteiger partial charge in [0.25, 0.3) is 0 Å². The van der Waals surface area contributed by atoms with Crippen LogP contribution in [0.4, 0.5) is 0 Å². The summed E-state index contributed by atoms with van der Waals surface area (Å²) in [6.07, 6.45) is 8.27. The maximum absolute atomic E-state index is 9.31. The van der Waals surface area contributed by atoms with Crippen molar-refractivity contribution in [3.05, 3.63) is 0 Å². The van der Waals surface area contributed by atoms with Crippen molar-refractivity contribution >= 4 is 9.28 Å². The van der Waals surface area contributed by atoms with Gasteiger partial charge in [-0.25, -0.2) is 0 Å². The minimum Gasteiger partial charge on any atom is -0.413 e. The molecule has 3 heteroatoms. The SMILES string of the molecule is O[SiH](O)CC12CC3CC(CC(C3)C1)C2. The van der Waals surface area contributed by atoms with Gasteiger partial charge in [0.1, 0.15) is 0 Å². The monoisotopic (exact) mass is 212 g/mol. The van der Waals surface area contributed by atoms with Gasteiger partial charge < -0.3 is 9.59 Å². The summed E-state index contributed by atoms with van der Waals surface area (Å²) in [6.45, 7) is 0. The second-order valence-corrected chi connectivity index (χ2v) is 7.47. The largest absolute Gasteiger partial charge is 0.413 e. The molecule has 80 valence electrons. The summed E-state index contributed by atoms with van der Waals surface area (Å²) in [7, 11) is -2.33. The predicted molar refractivity (Wildman–Crippen MR) is 57.0 cm³/mol. The van der Waals surface area contributed by atoms with E-state index in [1.807, 2.05) is 0 Å². The Hall–Kier alpha value is 0.137. The smallest absolute Gasteiger partial charge is 0.316 e. The number of hydrogen-bond donors (Lipinski definition) is 2. The van der Waals surface area contributed by atoms with Crippen molar-refractivity contribution in [3.8, 4) is 0 Å². The topological polar surface area (TPSA) is 40.5 Å². The van der Waals surface area contributed by atoms with Crippen LogP contribution in [-0.4, -0.2) is 18.9 Å². The van der Waals surface area contributed by atoms with Crippen LogP contribution in [0.25, 0.3) is 0 Å². The Labute approximate surface area is 87.2 Å². The standard InChI is InChI=1S/C11H20O2Si/c12-14(13)7-11-4-8-1-9(5-11)3-10(2-8)6-11/h8-10,12-14H,1-7H2. The maximum Gasteiger partial charge on any atom is 0.316 e. The van der Waals surface area contributed by atoms with E-state index in [-0.39, 0.29) is 0 Å². The molecule has 4 rings (SSSR count). The van der Waals surface area contributed by atoms with Gasteiger partial charge in [0.05, 0.1) is 0 Å². The van der Waals surface area contributed by atoms with Gasteiger partial charge in [-0.05, 0) is 67.7 Å². The van der Waals surface area contributed by atoms with Gasteiger partial charge in [-0.15, -0.1) is 0 Å². The van der Waals surface area contributed by atoms with Gasteiger partial charge in [0.2, 0.25) is 0 Å². The van der Waals surface area contributed by atoms with Crippen molar-refractivity contribution < 1.29 is 9.59 Å². The molecule has 0 amide bonds. The first-order chi connectivity index (χ1) is 6.65. The molecule has 0 spiro atoms. The molecule has 0 aliphatic heterocycles. The van der Waals surface area contributed by atoms with E-state index in [9.17, 15) is 9.59 Å². The molecule has 4 bridgehead atoms. The average Bonchev–Trinajstić information content (AvgIpc) is 1.96. The van der Waals surface area contributed by atoms with Gasteiger partial charge >= 0.3 is 9.28 Å². The van der Waals surface area contributed by atoms with E-state index in [0.717, 1.165) is 23.8 Å². The summed E-state index contributed by atoms with van der Waals surface area (Å²) in [5, 5.41) is 0. The second kappa shape index (κ2) is 3.06. The third kappa shape index (κ3) is 1.46. The van der Waals surface area contributed by atoms with Crippen molar-refractivity contribution in [1.29, 1.82) is 0 Å². The van der Waals surface area contributed by atoms with Crippen LogP contribution in [0.15, 0.2) is 0 Å². The highest BCUT2D eigenvalue weighted by molar-refractivity contribution is 6.41. The molecule has 2 nitrogen and oxygen atoms in total. The Kier molecular flexibility index (Phi) is 2.05. The van der Waals surface area contributed by atoms with E-state index in [1.165, 1.54) is 38.5 Å². The summed E-state index contributed by atoms with van der Waals surface area (Å²) in [4.78, 5) is 18.6. The minimum absolute atomic E-state index is 0.384. The molecule has 0 saturated heterocycles. The van der Waals surface area contributed by atoms with E-state index in [1.54, 1.807) is 0 Å². The molecule has 2 N–H and O–H groups in total. The third-order valence-corrected chi connectivity index (χ3v) is 6.01. The second-order valence-electron chi connectivity index (χ2n) is 6.10. The van der Waals surface area contributed by atoms with Gasteiger partial charge in [0, 0.05) is 0 Å². The molecule has 4 saturated carbocycles. The van der Waals surface area contributed by atoms with Crippen molar-refractivity contribution in [2.45, 2.75) is 44.6 Å². The predicted octanol–water partition coefficient (Wildman–Crippen LogP) is 1.41. The Morgan fingerprint density at radius 3 is 1.71 bits per heavy atom. The summed E-state index contributed by atoms with van der Waals surface area (Å²) >= 11 is 0. The molecule has 0 aromatic rings. The van der Waals surface area contributed by atoms with Gasteiger partial charge in [-0.3, -0.25) is 0 Å². The molecule has 0 atom stereocenters. The Balaban J connectivity index is 1.80. The zero-order chi connectivity index (χ0) is 9.76. The third-order valence-electron chi connectivity index (χ3n) is 4.78. The first-order valence-electron chi connectivity index (χ1n) is 6.01. The molecule has 0 heterocycles. The fraction of sp³-hybridized carbons (Fsp3) is 1.00. The Morgan fingerprint density at radius 2 is 1.36 bits per heavy atom. The van der Waals surface area contributed by atoms with E-state index < -0.39 is 9.28 Å². The molecule has 4 fully saturated rings. The zero-order valence-electron chi connectivity index (χ0n) is 8.65. The fourth-order valence-corrected chi connectivity index (χ4v) is 6.20. The lowest BCUT2D eigenvalue weighted by molar-refractivity contribution is -0.0439. The van der Waals surface area contributed by atoms with E-state index in [4.69, 9.17) is 0 Å². The quantitative estimate of drug-likeness (QED) is 0.679. The molecular weight excluding hydrogens is 192 g/mol. The molecule has 0 radical (unpaired) electrons. The highest BCUT2D eigenvalue weighted by atomic mass is 28.3. The normalized spacial score (nSPS) is 50.4. The van der Waals surface area contributed by atoms with Crippen LogP contribution < -0.4 is 0 Å². The van der Waals surface area contributed by atoms with Crippen LogP contribution in [0, 0.1) is 23.2 Å². The lowest BCUT2D eigenvalue weighted by Crippen LogP contribution is -2.47. The van der Waals surface area contributed by atoms with Crippen LogP contribution in [0.2, 0.25) is 6.04 Å². The summed E-state index contributed by atoms with van der Waals surface area (Å²) in [5.41, 5.74) is 0.384. The zero-order valence-corrected chi connectivity index (χ0v) is 9.81. The summed E-state index contributed by atoms with van der Waals surface area (Å²) < 4.78 is 0. The first kappa shape index (κ1) is 9.37. The average molecular weight is 212 g/mol. The van der Waals surface area contributed by atoms with Crippen molar-refractivity contribution in [1.82, 2.24) is 0 Å². The molecule has 0 aromatic heterocycles. The molecular formula is C11H20O2Si. The fourth-order valence-electron chi connectivity index (χ4n) is 4.93. The molecule has 4 aliphatic carbocycles. The molecule has 0 aromatic carbocycles. The van der Waals surface area contributed by atoms with Gasteiger partial charge in [-0.1, -0.05) is 0 Å². The Bertz CT molecular complexity index is 198. The highest BCUT2D eigenvalue weighted by Gasteiger charge is 2.51. The lowest BCUT2D eigenvalue weighted by atomic mass is 9.50. The summed E-state index contributed by atoms with van der Waals surface area (Å²) in [5.74, 6) is 2.82. The number of rotatable bonds is 2. The van der Waals surface area contributed by atoms with Crippen LogP contribution in [-0.2, 0) is 0 Å². The molecule has 0 unspecified atom stereocenters. The van der Waals surface area contributed by atoms with E-state index >= 15 is 0 Å². The van der Waals surface area contributed by atoms with E-state index in [2.05, 4.69) is 0 Å². The highest BCUT2D eigenvalue weighted by Crippen LogP contribution is 2.61. The number of hydrogen-bond acceptors (Lipinski definition) is 2. The lowest BCUT2D eigenvalue weighted by Gasteiger charge is -2.57. The molecule has 4 aliphatic rings. The molecule has 14 heavy (non-hydrogen) atoms. The van der Waals surface area contributed by atoms with Crippen LogP contribution >= 0.6 is 0 Å². The maximum atomic E-state index is 9.31. The van der Waals surface area contributed by atoms with E-state index in [0.29, 0.717) is 5.41 Å². The first-order valence-corrected chi connectivity index (χ1v) is 7.86. The van der Waals surface area contributed by atoms with Crippen molar-refractivity contribution in [2.75, 3.05) is 0 Å². The van der Waals surface area contributed by atoms with Crippen LogP contribution in [0.1, 0.15) is 38.5 Å². The van der Waals surface area contributed by atoms with Crippen molar-refractivity contribution in [3.63, 3.8) is 0 Å². The van der Waals surface area contributed by atoms with Gasteiger partial charge in [-0.2, -0.15) is 0 Å². The van der Waals surface area contributed by atoms with Crippen LogP contribution in [0.3, 0.4) is 0 Å². The summed E-state index contributed by atoms with van der Waals surface area (Å²) in [6, 6.07) is 0.774. The minimum atomic E-state index is -2.33. The Morgan fingerprint density at radius 1 is 0.929 bits per heavy atom.